The van der Waals surface area contributed by atoms with Crippen LogP contribution < -0.4 is 4.74 Å². The molecule has 0 radical (unpaired) electrons. The molecular weight excluding hydrogens is 194 g/mol. The van der Waals surface area contributed by atoms with Gasteiger partial charge in [-0.1, -0.05) is 0 Å². The normalized spacial score (nSPS) is 22.8. The fraction of sp³-hybridized carbons (Fsp3) is 0.182. The number of nitriles is 1. The van der Waals surface area contributed by atoms with E-state index in [1.165, 1.54) is 6.08 Å². The van der Waals surface area contributed by atoms with Crippen molar-refractivity contribution in [3.8, 4) is 11.8 Å². The van der Waals surface area contributed by atoms with Gasteiger partial charge in [0.2, 0.25) is 0 Å². The lowest BCUT2D eigenvalue weighted by molar-refractivity contribution is 0.0784. The minimum Gasteiger partial charge on any atom is -0.509 e. The van der Waals surface area contributed by atoms with Crippen LogP contribution in [0.25, 0.3) is 0 Å². The summed E-state index contributed by atoms with van der Waals surface area (Å²) in [6, 6.07) is 8.52. The highest BCUT2D eigenvalue weighted by Gasteiger charge is 2.43. The summed E-state index contributed by atoms with van der Waals surface area (Å²) in [5.74, 6) is 0.492. The van der Waals surface area contributed by atoms with Crippen molar-refractivity contribution in [2.45, 2.75) is 5.60 Å². The van der Waals surface area contributed by atoms with Gasteiger partial charge in [-0.25, -0.2) is 0 Å². The van der Waals surface area contributed by atoms with Crippen molar-refractivity contribution in [1.82, 2.24) is 0 Å². The number of rotatable bonds is 3. The fourth-order valence-electron chi connectivity index (χ4n) is 1.12. The summed E-state index contributed by atoms with van der Waals surface area (Å²) in [5, 5.41) is 26.9. The summed E-state index contributed by atoms with van der Waals surface area (Å²) in [6.07, 6.45) is 1.32. The lowest BCUT2D eigenvalue weighted by Gasteiger charge is -2.10. The summed E-state index contributed by atoms with van der Waals surface area (Å²) in [7, 11) is 0. The van der Waals surface area contributed by atoms with Crippen LogP contribution in [0, 0.1) is 11.3 Å². The van der Waals surface area contributed by atoms with Gasteiger partial charge in [0, 0.05) is 0 Å². The number of nitrogens with zero attached hydrogens (tertiary/aromatic N) is 1. The molecule has 1 unspecified atom stereocenters. The Bertz CT molecular complexity index is 444. The first-order valence-electron chi connectivity index (χ1n) is 4.42. The Labute approximate surface area is 86.7 Å². The Morgan fingerprint density at radius 2 is 1.93 bits per heavy atom. The Kier molecular flexibility index (Phi) is 2.10. The number of benzene rings is 1. The van der Waals surface area contributed by atoms with E-state index in [9.17, 15) is 5.11 Å². The van der Waals surface area contributed by atoms with Gasteiger partial charge in [-0.15, -0.1) is 0 Å². The van der Waals surface area contributed by atoms with Crippen LogP contribution in [0.5, 0.6) is 5.75 Å². The monoisotopic (exact) mass is 203 g/mol. The van der Waals surface area contributed by atoms with E-state index in [0.717, 1.165) is 0 Å². The maximum atomic E-state index is 9.44. The fourth-order valence-corrected chi connectivity index (χ4v) is 1.12. The van der Waals surface area contributed by atoms with Gasteiger partial charge in [-0.3, -0.25) is 0 Å². The molecule has 1 aliphatic rings. The van der Waals surface area contributed by atoms with E-state index >= 15 is 0 Å². The van der Waals surface area contributed by atoms with Crippen molar-refractivity contribution in [2.24, 2.45) is 0 Å². The molecule has 76 valence electrons. The maximum absolute atomic E-state index is 9.44. The molecular formula is C11H9NO3. The first-order valence-corrected chi connectivity index (χ1v) is 4.42. The molecule has 0 aliphatic heterocycles. The summed E-state index contributed by atoms with van der Waals surface area (Å²) in [6.45, 7) is -0.00919. The van der Waals surface area contributed by atoms with Crippen LogP contribution in [0.3, 0.4) is 0 Å². The van der Waals surface area contributed by atoms with E-state index in [2.05, 4.69) is 0 Å². The Balaban J connectivity index is 1.92. The molecule has 1 aromatic carbocycles. The SMILES string of the molecule is N#Cc1ccc(OCC2(O)C=C2O)cc1. The van der Waals surface area contributed by atoms with Gasteiger partial charge in [-0.05, 0) is 30.3 Å². The molecule has 2 rings (SSSR count). The molecule has 1 aliphatic carbocycles. The van der Waals surface area contributed by atoms with E-state index in [-0.39, 0.29) is 12.4 Å². The van der Waals surface area contributed by atoms with Gasteiger partial charge < -0.3 is 14.9 Å². The van der Waals surface area contributed by atoms with Crippen LogP contribution in [0.2, 0.25) is 0 Å². The van der Waals surface area contributed by atoms with Gasteiger partial charge in [0.1, 0.15) is 18.1 Å². The van der Waals surface area contributed by atoms with Gasteiger partial charge in [0.25, 0.3) is 0 Å². The first kappa shape index (κ1) is 9.56. The molecule has 0 bridgehead atoms. The topological polar surface area (TPSA) is 73.5 Å². The van der Waals surface area contributed by atoms with Gasteiger partial charge in [-0.2, -0.15) is 5.26 Å². The number of aliphatic hydroxyl groups is 2. The largest absolute Gasteiger partial charge is 0.509 e. The maximum Gasteiger partial charge on any atom is 0.177 e. The minimum atomic E-state index is -1.28. The first-order chi connectivity index (χ1) is 7.14. The summed E-state index contributed by atoms with van der Waals surface area (Å²) in [4.78, 5) is 0. The second-order valence-corrected chi connectivity index (χ2v) is 3.38. The van der Waals surface area contributed by atoms with Crippen molar-refractivity contribution >= 4 is 0 Å². The van der Waals surface area contributed by atoms with Crippen molar-refractivity contribution in [3.63, 3.8) is 0 Å². The number of aliphatic hydroxyl groups excluding tert-OH is 1. The zero-order chi connectivity index (χ0) is 10.9. The second-order valence-electron chi connectivity index (χ2n) is 3.38. The molecule has 0 heterocycles. The second kappa shape index (κ2) is 3.30. The van der Waals surface area contributed by atoms with Gasteiger partial charge in [0.05, 0.1) is 11.6 Å². The zero-order valence-corrected chi connectivity index (χ0v) is 7.84. The van der Waals surface area contributed by atoms with Gasteiger partial charge in [0.15, 0.2) is 5.60 Å². The minimum absolute atomic E-state index is 0.00919. The predicted molar refractivity (Wildman–Crippen MR) is 52.3 cm³/mol. The van der Waals surface area contributed by atoms with Crippen LogP contribution in [0.1, 0.15) is 5.56 Å². The van der Waals surface area contributed by atoms with Crippen molar-refractivity contribution in [2.75, 3.05) is 6.61 Å². The van der Waals surface area contributed by atoms with Crippen molar-refractivity contribution < 1.29 is 14.9 Å². The van der Waals surface area contributed by atoms with Crippen LogP contribution in [-0.4, -0.2) is 22.4 Å². The highest BCUT2D eigenvalue weighted by atomic mass is 16.5. The lowest BCUT2D eigenvalue weighted by Crippen LogP contribution is -2.23. The van der Waals surface area contributed by atoms with E-state index < -0.39 is 5.60 Å². The van der Waals surface area contributed by atoms with Gasteiger partial charge >= 0.3 is 0 Å². The zero-order valence-electron chi connectivity index (χ0n) is 7.84. The third-order valence-electron chi connectivity index (χ3n) is 2.18. The highest BCUT2D eigenvalue weighted by Crippen LogP contribution is 2.32. The predicted octanol–water partition coefficient (Wildman–Crippen LogP) is 1.12. The summed E-state index contributed by atoms with van der Waals surface area (Å²) in [5.41, 5.74) is -0.734. The number of hydrogen-bond acceptors (Lipinski definition) is 4. The molecule has 0 fully saturated rings. The van der Waals surface area contributed by atoms with E-state index in [4.69, 9.17) is 15.1 Å². The molecule has 1 atom stereocenters. The van der Waals surface area contributed by atoms with Crippen LogP contribution in [0.4, 0.5) is 0 Å². The summed E-state index contributed by atoms with van der Waals surface area (Å²) < 4.78 is 5.23. The number of hydrogen-bond donors (Lipinski definition) is 2. The van der Waals surface area contributed by atoms with Crippen molar-refractivity contribution in [1.29, 1.82) is 5.26 Å². The molecule has 4 heteroatoms. The molecule has 4 nitrogen and oxygen atoms in total. The average Bonchev–Trinajstić information content (AvgIpc) is 2.85. The smallest absolute Gasteiger partial charge is 0.177 e. The molecule has 0 aromatic heterocycles. The molecule has 0 saturated carbocycles. The van der Waals surface area contributed by atoms with E-state index in [1.807, 2.05) is 6.07 Å². The summed E-state index contributed by atoms with van der Waals surface area (Å²) >= 11 is 0. The standard InChI is InChI=1S/C11H9NO3/c12-6-8-1-3-9(4-2-8)15-7-11(14)5-10(11)13/h1-5,13-14H,7H2. The highest BCUT2D eigenvalue weighted by molar-refractivity contribution is 5.38. The molecule has 0 spiro atoms. The molecule has 0 saturated heterocycles. The average molecular weight is 203 g/mol. The lowest BCUT2D eigenvalue weighted by atomic mass is 10.2. The van der Waals surface area contributed by atoms with Crippen LogP contribution >= 0.6 is 0 Å². The third-order valence-corrected chi connectivity index (χ3v) is 2.18. The molecule has 2 N–H and O–H groups in total. The molecule has 1 aromatic rings. The molecule has 0 amide bonds. The van der Waals surface area contributed by atoms with Crippen LogP contribution in [0.15, 0.2) is 36.1 Å². The van der Waals surface area contributed by atoms with E-state index in [1.54, 1.807) is 24.3 Å². The number of ether oxygens (including phenoxy) is 1. The third kappa shape index (κ3) is 1.92. The Morgan fingerprint density at radius 3 is 2.40 bits per heavy atom. The van der Waals surface area contributed by atoms with E-state index in [0.29, 0.717) is 11.3 Å². The molecule has 15 heavy (non-hydrogen) atoms. The Hall–Kier alpha value is -1.99. The quantitative estimate of drug-likeness (QED) is 0.772. The Morgan fingerprint density at radius 1 is 1.33 bits per heavy atom. The van der Waals surface area contributed by atoms with Crippen LogP contribution in [-0.2, 0) is 0 Å². The van der Waals surface area contributed by atoms with Crippen molar-refractivity contribution in [3.05, 3.63) is 41.7 Å².